The van der Waals surface area contributed by atoms with Gasteiger partial charge >= 0.3 is 0 Å². The molecule has 0 aliphatic heterocycles. The quantitative estimate of drug-likeness (QED) is 0.847. The third-order valence-corrected chi connectivity index (χ3v) is 2.37. The minimum absolute atomic E-state index is 0.0400. The van der Waals surface area contributed by atoms with E-state index in [-0.39, 0.29) is 11.8 Å². The van der Waals surface area contributed by atoms with Gasteiger partial charge in [0.2, 0.25) is 5.91 Å². The fourth-order valence-corrected chi connectivity index (χ4v) is 1.36. The summed E-state index contributed by atoms with van der Waals surface area (Å²) >= 11 is 0. The van der Waals surface area contributed by atoms with Gasteiger partial charge in [0.1, 0.15) is 5.82 Å². The van der Waals surface area contributed by atoms with Gasteiger partial charge in [-0.25, -0.2) is 4.98 Å². The molecule has 1 amide bonds. The highest BCUT2D eigenvalue weighted by Gasteiger charge is 2.08. The number of pyridine rings is 1. The zero-order valence-corrected chi connectivity index (χ0v) is 9.77. The summed E-state index contributed by atoms with van der Waals surface area (Å²) in [5.74, 6) is 0.457. The molecule has 0 aromatic carbocycles. The molecule has 0 radical (unpaired) electrons. The van der Waals surface area contributed by atoms with Crippen LogP contribution in [0.25, 0.3) is 11.1 Å². The molecule has 2 rings (SSSR count). The second-order valence-corrected chi connectivity index (χ2v) is 4.06. The van der Waals surface area contributed by atoms with E-state index in [2.05, 4.69) is 20.5 Å². The molecule has 0 aliphatic rings. The van der Waals surface area contributed by atoms with Gasteiger partial charge in [0.25, 0.3) is 0 Å². The molecule has 2 aromatic rings. The largest absolute Gasteiger partial charge is 0.310 e. The van der Waals surface area contributed by atoms with E-state index in [1.807, 2.05) is 26.0 Å². The van der Waals surface area contributed by atoms with Crippen LogP contribution in [0.15, 0.2) is 30.7 Å². The maximum absolute atomic E-state index is 11.5. The number of anilines is 1. The summed E-state index contributed by atoms with van der Waals surface area (Å²) in [5, 5.41) is 9.40. The van der Waals surface area contributed by atoms with Gasteiger partial charge in [0.15, 0.2) is 0 Å². The second-order valence-electron chi connectivity index (χ2n) is 4.06. The van der Waals surface area contributed by atoms with E-state index in [0.717, 1.165) is 11.1 Å². The lowest BCUT2D eigenvalue weighted by Crippen LogP contribution is -2.18. The summed E-state index contributed by atoms with van der Waals surface area (Å²) < 4.78 is 0. The van der Waals surface area contributed by atoms with Gasteiger partial charge < -0.3 is 5.32 Å². The molecule has 17 heavy (non-hydrogen) atoms. The van der Waals surface area contributed by atoms with Crippen LogP contribution in [0.3, 0.4) is 0 Å². The minimum atomic E-state index is -0.0608. The van der Waals surface area contributed by atoms with E-state index in [1.54, 1.807) is 18.6 Å². The first kappa shape index (κ1) is 11.3. The molecule has 2 heterocycles. The maximum Gasteiger partial charge on any atom is 0.228 e. The Bertz CT molecular complexity index is 505. The number of aromatic nitrogens is 3. The molecular formula is C12H14N4O. The van der Waals surface area contributed by atoms with Crippen LogP contribution in [0.4, 0.5) is 5.82 Å². The Morgan fingerprint density at radius 1 is 1.41 bits per heavy atom. The van der Waals surface area contributed by atoms with Gasteiger partial charge in [-0.05, 0) is 17.7 Å². The Hall–Kier alpha value is -2.17. The zero-order chi connectivity index (χ0) is 12.3. The number of nitrogens with one attached hydrogen (secondary N) is 2. The third kappa shape index (κ3) is 2.69. The molecule has 0 bridgehead atoms. The lowest BCUT2D eigenvalue weighted by molar-refractivity contribution is -0.118. The predicted molar refractivity (Wildman–Crippen MR) is 65.3 cm³/mol. The molecule has 0 atom stereocenters. The second kappa shape index (κ2) is 4.78. The van der Waals surface area contributed by atoms with Crippen molar-refractivity contribution in [3.05, 3.63) is 30.7 Å². The van der Waals surface area contributed by atoms with E-state index in [1.165, 1.54) is 0 Å². The number of amides is 1. The van der Waals surface area contributed by atoms with E-state index in [4.69, 9.17) is 0 Å². The Labute approximate surface area is 99.3 Å². The van der Waals surface area contributed by atoms with Crippen LogP contribution in [-0.2, 0) is 4.79 Å². The Kier molecular flexibility index (Phi) is 3.18. The number of H-pyrrole nitrogens is 1. The van der Waals surface area contributed by atoms with Crippen molar-refractivity contribution in [1.29, 1.82) is 0 Å². The van der Waals surface area contributed by atoms with Crippen LogP contribution in [0.1, 0.15) is 13.8 Å². The van der Waals surface area contributed by atoms with Crippen molar-refractivity contribution in [2.75, 3.05) is 5.32 Å². The first-order valence-electron chi connectivity index (χ1n) is 5.43. The minimum Gasteiger partial charge on any atom is -0.310 e. The summed E-state index contributed by atoms with van der Waals surface area (Å²) in [6.07, 6.45) is 5.19. The van der Waals surface area contributed by atoms with E-state index in [9.17, 15) is 4.79 Å². The highest BCUT2D eigenvalue weighted by molar-refractivity contribution is 5.91. The van der Waals surface area contributed by atoms with E-state index in [0.29, 0.717) is 5.82 Å². The molecule has 0 fully saturated rings. The summed E-state index contributed by atoms with van der Waals surface area (Å²) in [5.41, 5.74) is 1.93. The predicted octanol–water partition coefficient (Wildman–Crippen LogP) is 2.07. The average Bonchev–Trinajstić information content (AvgIpc) is 2.82. The van der Waals surface area contributed by atoms with Crippen molar-refractivity contribution in [1.82, 2.24) is 15.2 Å². The summed E-state index contributed by atoms with van der Waals surface area (Å²) in [7, 11) is 0. The molecule has 2 N–H and O–H groups in total. The van der Waals surface area contributed by atoms with E-state index >= 15 is 0 Å². The van der Waals surface area contributed by atoms with Crippen molar-refractivity contribution in [2.24, 2.45) is 5.92 Å². The molecule has 5 nitrogen and oxygen atoms in total. The molecule has 0 spiro atoms. The van der Waals surface area contributed by atoms with Crippen LogP contribution in [0.5, 0.6) is 0 Å². The molecule has 0 aliphatic carbocycles. The van der Waals surface area contributed by atoms with Crippen molar-refractivity contribution in [2.45, 2.75) is 13.8 Å². The standard InChI is InChI=1S/C12H14N4O/c1-8(2)12(17)16-11-5-9(3-4-13-11)10-6-14-15-7-10/h3-8H,1-2H3,(H,14,15)(H,13,16,17). The topological polar surface area (TPSA) is 70.7 Å². The SMILES string of the molecule is CC(C)C(=O)Nc1cc(-c2cn[nH]c2)ccn1. The van der Waals surface area contributed by atoms with Crippen molar-refractivity contribution < 1.29 is 4.79 Å². The Balaban J connectivity index is 2.20. The van der Waals surface area contributed by atoms with Crippen LogP contribution in [0, 0.1) is 5.92 Å². The molecule has 0 unspecified atom stereocenters. The number of carbonyl (C=O) groups excluding carboxylic acids is 1. The van der Waals surface area contributed by atoms with Crippen molar-refractivity contribution in [3.8, 4) is 11.1 Å². The van der Waals surface area contributed by atoms with Crippen molar-refractivity contribution in [3.63, 3.8) is 0 Å². The number of aromatic amines is 1. The van der Waals surface area contributed by atoms with Gasteiger partial charge in [-0.1, -0.05) is 13.8 Å². The summed E-state index contributed by atoms with van der Waals surface area (Å²) in [4.78, 5) is 15.6. The molecule has 0 saturated heterocycles. The van der Waals surface area contributed by atoms with Crippen LogP contribution >= 0.6 is 0 Å². The van der Waals surface area contributed by atoms with Crippen LogP contribution in [-0.4, -0.2) is 21.1 Å². The molecular weight excluding hydrogens is 216 g/mol. The number of carbonyl (C=O) groups is 1. The third-order valence-electron chi connectivity index (χ3n) is 2.37. The average molecular weight is 230 g/mol. The number of hydrogen-bond acceptors (Lipinski definition) is 3. The fourth-order valence-electron chi connectivity index (χ4n) is 1.36. The highest BCUT2D eigenvalue weighted by atomic mass is 16.1. The zero-order valence-electron chi connectivity index (χ0n) is 9.77. The number of rotatable bonds is 3. The van der Waals surface area contributed by atoms with Gasteiger partial charge in [0.05, 0.1) is 6.20 Å². The number of hydrogen-bond donors (Lipinski definition) is 2. The maximum atomic E-state index is 11.5. The molecule has 2 aromatic heterocycles. The lowest BCUT2D eigenvalue weighted by atomic mass is 10.1. The van der Waals surface area contributed by atoms with Crippen molar-refractivity contribution >= 4 is 11.7 Å². The normalized spacial score (nSPS) is 10.5. The van der Waals surface area contributed by atoms with Gasteiger partial charge in [-0.2, -0.15) is 5.10 Å². The smallest absolute Gasteiger partial charge is 0.228 e. The van der Waals surface area contributed by atoms with Gasteiger partial charge in [-0.3, -0.25) is 9.89 Å². The van der Waals surface area contributed by atoms with Gasteiger partial charge in [-0.15, -0.1) is 0 Å². The van der Waals surface area contributed by atoms with Crippen LogP contribution in [0.2, 0.25) is 0 Å². The Morgan fingerprint density at radius 3 is 2.88 bits per heavy atom. The van der Waals surface area contributed by atoms with Crippen LogP contribution < -0.4 is 5.32 Å². The molecule has 88 valence electrons. The Morgan fingerprint density at radius 2 is 2.24 bits per heavy atom. The first-order chi connectivity index (χ1) is 8.16. The summed E-state index contributed by atoms with van der Waals surface area (Å²) in [6.45, 7) is 3.69. The first-order valence-corrected chi connectivity index (χ1v) is 5.43. The van der Waals surface area contributed by atoms with Gasteiger partial charge in [0, 0.05) is 23.9 Å². The number of nitrogens with zero attached hydrogens (tertiary/aromatic N) is 2. The highest BCUT2D eigenvalue weighted by Crippen LogP contribution is 2.19. The van der Waals surface area contributed by atoms with E-state index < -0.39 is 0 Å². The fraction of sp³-hybridized carbons (Fsp3) is 0.250. The monoisotopic (exact) mass is 230 g/mol. The lowest BCUT2D eigenvalue weighted by Gasteiger charge is -2.07. The molecule has 0 saturated carbocycles. The molecule has 5 heteroatoms. The summed E-state index contributed by atoms with van der Waals surface area (Å²) in [6, 6.07) is 3.70.